The predicted molar refractivity (Wildman–Crippen MR) is 86.0 cm³/mol. The third kappa shape index (κ3) is 5.26. The average molecular weight is 266 g/mol. The van der Waals surface area contributed by atoms with Gasteiger partial charge < -0.3 is 5.73 Å². The van der Waals surface area contributed by atoms with E-state index in [1.54, 1.807) is 0 Å². The molecule has 0 fully saturated rings. The molecule has 0 unspecified atom stereocenters. The maximum atomic E-state index is 8.84. The molecule has 104 valence electrons. The average Bonchev–Trinajstić information content (AvgIpc) is 2.50. The quantitative estimate of drug-likeness (QED) is 0.594. The van der Waals surface area contributed by atoms with Crippen LogP contribution in [0.25, 0.3) is 5.57 Å². The molecule has 0 saturated heterocycles. The molecule has 0 aliphatic heterocycles. The van der Waals surface area contributed by atoms with Gasteiger partial charge >= 0.3 is 0 Å². The van der Waals surface area contributed by atoms with Gasteiger partial charge in [-0.1, -0.05) is 56.7 Å². The zero-order valence-corrected chi connectivity index (χ0v) is 12.1. The number of hydrogen-bond acceptors (Lipinski definition) is 2. The van der Waals surface area contributed by atoms with Crippen molar-refractivity contribution in [2.75, 3.05) is 6.54 Å². The van der Waals surface area contributed by atoms with Crippen LogP contribution in [0.4, 0.5) is 0 Å². The molecule has 20 heavy (non-hydrogen) atoms. The van der Waals surface area contributed by atoms with Gasteiger partial charge in [-0.15, -0.1) is 0 Å². The van der Waals surface area contributed by atoms with Crippen LogP contribution in [0, 0.1) is 11.3 Å². The van der Waals surface area contributed by atoms with Gasteiger partial charge in [-0.25, -0.2) is 0 Å². The summed E-state index contributed by atoms with van der Waals surface area (Å²) in [5.41, 5.74) is 9.39. The Morgan fingerprint density at radius 3 is 2.55 bits per heavy atom. The highest BCUT2D eigenvalue weighted by atomic mass is 14.5. The Balaban J connectivity index is 2.96. The van der Waals surface area contributed by atoms with Crippen molar-refractivity contribution in [3.8, 4) is 6.07 Å². The summed E-state index contributed by atoms with van der Waals surface area (Å²) in [7, 11) is 0. The van der Waals surface area contributed by atoms with E-state index in [0.717, 1.165) is 23.1 Å². The summed E-state index contributed by atoms with van der Waals surface area (Å²) in [6.07, 6.45) is 9.63. The van der Waals surface area contributed by atoms with Crippen LogP contribution in [0.3, 0.4) is 0 Å². The third-order valence-corrected chi connectivity index (χ3v) is 3.03. The highest BCUT2D eigenvalue weighted by Crippen LogP contribution is 2.19. The molecule has 0 aliphatic carbocycles. The number of rotatable bonds is 7. The Bertz CT molecular complexity index is 528. The van der Waals surface area contributed by atoms with Gasteiger partial charge in [0.05, 0.1) is 11.6 Å². The van der Waals surface area contributed by atoms with E-state index in [4.69, 9.17) is 11.0 Å². The highest BCUT2D eigenvalue weighted by molar-refractivity contribution is 5.74. The number of benzene rings is 1. The van der Waals surface area contributed by atoms with Crippen LogP contribution in [0.2, 0.25) is 0 Å². The Hall–Kier alpha value is -2.11. The normalized spacial score (nSPS) is 11.6. The van der Waals surface area contributed by atoms with Crippen LogP contribution in [-0.2, 0) is 0 Å². The largest absolute Gasteiger partial charge is 0.327 e. The van der Waals surface area contributed by atoms with Crippen molar-refractivity contribution < 1.29 is 0 Å². The molecule has 0 heterocycles. The van der Waals surface area contributed by atoms with Crippen molar-refractivity contribution in [1.29, 1.82) is 5.26 Å². The van der Waals surface area contributed by atoms with Crippen LogP contribution in [0.15, 0.2) is 54.6 Å². The van der Waals surface area contributed by atoms with Crippen molar-refractivity contribution in [3.63, 3.8) is 0 Å². The van der Waals surface area contributed by atoms with Gasteiger partial charge in [0.1, 0.15) is 0 Å². The molecule has 1 aromatic rings. The summed E-state index contributed by atoms with van der Waals surface area (Å²) in [5.74, 6) is 0. The maximum Gasteiger partial charge on any atom is 0.0991 e. The van der Waals surface area contributed by atoms with Gasteiger partial charge in [-0.2, -0.15) is 5.26 Å². The summed E-state index contributed by atoms with van der Waals surface area (Å²) < 4.78 is 0. The first-order valence-electron chi connectivity index (χ1n) is 6.98. The van der Waals surface area contributed by atoms with Gasteiger partial charge in [0.2, 0.25) is 0 Å². The summed E-state index contributed by atoms with van der Waals surface area (Å²) >= 11 is 0. The van der Waals surface area contributed by atoms with Gasteiger partial charge in [0.25, 0.3) is 0 Å². The van der Waals surface area contributed by atoms with Gasteiger partial charge in [0.15, 0.2) is 0 Å². The van der Waals surface area contributed by atoms with Crippen LogP contribution in [-0.4, -0.2) is 6.54 Å². The lowest BCUT2D eigenvalue weighted by Gasteiger charge is -2.04. The zero-order chi connectivity index (χ0) is 14.8. The Morgan fingerprint density at radius 2 is 2.00 bits per heavy atom. The lowest BCUT2D eigenvalue weighted by molar-refractivity contribution is 0.816. The van der Waals surface area contributed by atoms with Crippen LogP contribution >= 0.6 is 0 Å². The SMILES string of the molecule is C=C(/C=C\C(=C/CCCC)c1ccc(C#N)cc1)CN. The van der Waals surface area contributed by atoms with E-state index in [1.165, 1.54) is 12.8 Å². The van der Waals surface area contributed by atoms with Gasteiger partial charge in [0, 0.05) is 6.54 Å². The van der Waals surface area contributed by atoms with Crippen molar-refractivity contribution in [2.45, 2.75) is 26.2 Å². The monoisotopic (exact) mass is 266 g/mol. The van der Waals surface area contributed by atoms with Gasteiger partial charge in [-0.3, -0.25) is 0 Å². The molecule has 0 aromatic heterocycles. The van der Waals surface area contributed by atoms with Crippen LogP contribution in [0.5, 0.6) is 0 Å². The number of nitrogens with zero attached hydrogens (tertiary/aromatic N) is 1. The van der Waals surface area contributed by atoms with E-state index in [2.05, 4.69) is 25.6 Å². The molecule has 0 aliphatic rings. The molecule has 1 rings (SSSR count). The van der Waals surface area contributed by atoms with E-state index >= 15 is 0 Å². The molecule has 0 amide bonds. The molecule has 0 atom stereocenters. The molecule has 2 N–H and O–H groups in total. The second-order valence-corrected chi connectivity index (χ2v) is 4.69. The summed E-state index contributed by atoms with van der Waals surface area (Å²) in [5, 5.41) is 8.84. The first-order chi connectivity index (χ1) is 9.71. The third-order valence-electron chi connectivity index (χ3n) is 3.03. The number of hydrogen-bond donors (Lipinski definition) is 1. The van der Waals surface area contributed by atoms with Gasteiger partial charge in [-0.05, 0) is 35.3 Å². The summed E-state index contributed by atoms with van der Waals surface area (Å²) in [6.45, 7) is 6.53. The lowest BCUT2D eigenvalue weighted by atomic mass is 10.0. The fourth-order valence-electron chi connectivity index (χ4n) is 1.76. The van der Waals surface area contributed by atoms with Crippen molar-refractivity contribution in [2.24, 2.45) is 5.73 Å². The van der Waals surface area contributed by atoms with E-state index in [9.17, 15) is 0 Å². The maximum absolute atomic E-state index is 8.84. The molecule has 1 aromatic carbocycles. The minimum absolute atomic E-state index is 0.464. The van der Waals surface area contributed by atoms with E-state index < -0.39 is 0 Å². The second kappa shape index (κ2) is 8.90. The molecule has 0 bridgehead atoms. The molecular formula is C18H22N2. The number of unbranched alkanes of at least 4 members (excludes halogenated alkanes) is 2. The lowest BCUT2D eigenvalue weighted by Crippen LogP contribution is -1.99. The van der Waals surface area contributed by atoms with E-state index in [1.807, 2.05) is 36.4 Å². The summed E-state index contributed by atoms with van der Waals surface area (Å²) in [4.78, 5) is 0. The molecule has 0 spiro atoms. The Labute approximate surface area is 121 Å². The first kappa shape index (κ1) is 15.9. The van der Waals surface area contributed by atoms with Crippen molar-refractivity contribution in [3.05, 3.63) is 65.8 Å². The minimum atomic E-state index is 0.464. The van der Waals surface area contributed by atoms with Crippen LogP contribution in [0.1, 0.15) is 37.3 Å². The topological polar surface area (TPSA) is 49.8 Å². The van der Waals surface area contributed by atoms with Crippen LogP contribution < -0.4 is 5.73 Å². The van der Waals surface area contributed by atoms with E-state index in [-0.39, 0.29) is 0 Å². The Kier molecular flexibility index (Phi) is 7.10. The molecular weight excluding hydrogens is 244 g/mol. The fraction of sp³-hybridized carbons (Fsp3) is 0.278. The number of allylic oxidation sites excluding steroid dienone is 3. The standard InChI is InChI=1S/C18H22N2/c1-3-4-5-6-17(10-7-15(2)13-19)18-11-8-16(14-20)9-12-18/h6-12H,2-5,13,19H2,1H3/b10-7-,17-6+. The molecule has 0 saturated carbocycles. The number of nitrogens with two attached hydrogens (primary N) is 1. The second-order valence-electron chi connectivity index (χ2n) is 4.69. The van der Waals surface area contributed by atoms with Crippen molar-refractivity contribution in [1.82, 2.24) is 0 Å². The summed E-state index contributed by atoms with van der Waals surface area (Å²) in [6, 6.07) is 9.78. The molecule has 2 heteroatoms. The smallest absolute Gasteiger partial charge is 0.0991 e. The molecule has 2 nitrogen and oxygen atoms in total. The highest BCUT2D eigenvalue weighted by Gasteiger charge is 1.99. The fourth-order valence-corrected chi connectivity index (χ4v) is 1.76. The minimum Gasteiger partial charge on any atom is -0.327 e. The Morgan fingerprint density at radius 1 is 1.30 bits per heavy atom. The van der Waals surface area contributed by atoms with Crippen molar-refractivity contribution >= 4 is 5.57 Å². The van der Waals surface area contributed by atoms with E-state index in [0.29, 0.717) is 12.1 Å². The first-order valence-corrected chi connectivity index (χ1v) is 6.98. The zero-order valence-electron chi connectivity index (χ0n) is 12.1. The number of nitriles is 1. The predicted octanol–water partition coefficient (Wildman–Crippen LogP) is 4.20. The molecule has 0 radical (unpaired) electrons.